The molecule has 0 spiro atoms. The van der Waals surface area contributed by atoms with Gasteiger partial charge in [0.25, 0.3) is 0 Å². The highest BCUT2D eigenvalue weighted by Crippen LogP contribution is 2.20. The minimum absolute atomic E-state index is 0.369. The fraction of sp³-hybridized carbons (Fsp3) is 0.368. The number of aliphatic hydroxyl groups is 1. The molecular formula is C19H24N6O2. The summed E-state index contributed by atoms with van der Waals surface area (Å²) in [5.74, 6) is 0.824. The van der Waals surface area contributed by atoms with Crippen LogP contribution in [-0.2, 0) is 13.0 Å². The van der Waals surface area contributed by atoms with E-state index in [0.717, 1.165) is 28.3 Å². The fourth-order valence-electron chi connectivity index (χ4n) is 2.88. The Kier molecular flexibility index (Phi) is 5.36. The fourth-order valence-corrected chi connectivity index (χ4v) is 2.88. The second kappa shape index (κ2) is 7.71. The highest BCUT2D eigenvalue weighted by molar-refractivity contribution is 5.93. The van der Waals surface area contributed by atoms with Crippen molar-refractivity contribution in [2.45, 2.75) is 46.3 Å². The zero-order chi connectivity index (χ0) is 19.6. The lowest BCUT2D eigenvalue weighted by molar-refractivity contribution is 0.1000. The van der Waals surface area contributed by atoms with E-state index < -0.39 is 12.0 Å². The summed E-state index contributed by atoms with van der Waals surface area (Å²) in [5, 5.41) is 21.9. The maximum Gasteiger partial charge on any atom is 0.248 e. The maximum absolute atomic E-state index is 11.3. The van der Waals surface area contributed by atoms with Crippen LogP contribution in [0.1, 0.15) is 46.5 Å². The number of carbonyl (C=O) groups is 1. The highest BCUT2D eigenvalue weighted by Gasteiger charge is 2.17. The average molecular weight is 368 g/mol. The van der Waals surface area contributed by atoms with Gasteiger partial charge in [-0.15, -0.1) is 0 Å². The minimum Gasteiger partial charge on any atom is -0.391 e. The van der Waals surface area contributed by atoms with Crippen molar-refractivity contribution in [3.63, 3.8) is 0 Å². The molecule has 27 heavy (non-hydrogen) atoms. The van der Waals surface area contributed by atoms with E-state index in [4.69, 9.17) is 5.73 Å². The molecule has 1 amide bonds. The van der Waals surface area contributed by atoms with E-state index in [2.05, 4.69) is 20.3 Å². The van der Waals surface area contributed by atoms with Crippen molar-refractivity contribution >= 4 is 5.91 Å². The van der Waals surface area contributed by atoms with Crippen molar-refractivity contribution in [1.29, 1.82) is 0 Å². The van der Waals surface area contributed by atoms with Gasteiger partial charge in [0.05, 0.1) is 18.3 Å². The molecule has 3 rings (SSSR count). The van der Waals surface area contributed by atoms with E-state index in [-0.39, 0.29) is 0 Å². The average Bonchev–Trinajstić information content (AvgIpc) is 3.20. The predicted octanol–water partition coefficient (Wildman–Crippen LogP) is 1.75. The van der Waals surface area contributed by atoms with Gasteiger partial charge in [0.15, 0.2) is 5.82 Å². The van der Waals surface area contributed by atoms with Crippen LogP contribution in [0, 0.1) is 13.8 Å². The monoisotopic (exact) mass is 368 g/mol. The Morgan fingerprint density at radius 2 is 2.00 bits per heavy atom. The van der Waals surface area contributed by atoms with Gasteiger partial charge in [0.2, 0.25) is 5.91 Å². The van der Waals surface area contributed by atoms with E-state index in [0.29, 0.717) is 30.8 Å². The number of nitrogens with zero attached hydrogens (tertiary/aromatic N) is 4. The van der Waals surface area contributed by atoms with Gasteiger partial charge in [-0.05, 0) is 32.4 Å². The molecule has 1 unspecified atom stereocenters. The Bertz CT molecular complexity index is 922. The summed E-state index contributed by atoms with van der Waals surface area (Å²) in [6, 6.07) is 6.86. The van der Waals surface area contributed by atoms with Crippen LogP contribution in [0.3, 0.4) is 0 Å². The van der Waals surface area contributed by atoms with E-state index in [1.165, 1.54) is 0 Å². The predicted molar refractivity (Wildman–Crippen MR) is 101 cm³/mol. The number of H-pyrrole nitrogens is 1. The molecule has 0 aliphatic carbocycles. The molecule has 4 N–H and O–H groups in total. The highest BCUT2D eigenvalue weighted by atomic mass is 16.3. The molecule has 2 heterocycles. The zero-order valence-electron chi connectivity index (χ0n) is 15.7. The Morgan fingerprint density at radius 1 is 1.30 bits per heavy atom. The maximum atomic E-state index is 11.3. The van der Waals surface area contributed by atoms with Gasteiger partial charge >= 0.3 is 0 Å². The largest absolute Gasteiger partial charge is 0.391 e. The second-order valence-electron chi connectivity index (χ2n) is 6.63. The molecule has 0 saturated carbocycles. The SMILES string of the molecule is CCC(O)Cn1nc(-c2ccc(C(N)=O)cc2)nc1Cc1c(C)n[nH]c1C. The number of aromatic amines is 1. The number of carbonyl (C=O) groups excluding carboxylic acids is 1. The Balaban J connectivity index is 1.97. The number of aryl methyl sites for hydroxylation is 2. The first-order valence-corrected chi connectivity index (χ1v) is 8.91. The number of primary amides is 1. The molecule has 1 aromatic carbocycles. The van der Waals surface area contributed by atoms with Gasteiger partial charge in [-0.3, -0.25) is 9.89 Å². The summed E-state index contributed by atoms with van der Waals surface area (Å²) in [6.45, 7) is 6.22. The lowest BCUT2D eigenvalue weighted by Crippen LogP contribution is -2.18. The molecule has 142 valence electrons. The molecule has 0 saturated heterocycles. The molecule has 0 aliphatic heterocycles. The van der Waals surface area contributed by atoms with E-state index >= 15 is 0 Å². The first-order chi connectivity index (χ1) is 12.9. The Hall–Kier alpha value is -3.00. The standard InChI is InChI=1S/C19H24N6O2/c1-4-15(26)10-25-17(9-16-11(2)22-23-12(16)3)21-19(24-25)14-7-5-13(6-8-14)18(20)27/h5-8,15,26H,4,9-10H2,1-3H3,(H2,20,27)(H,22,23). The number of amides is 1. The van der Waals surface area contributed by atoms with Crippen molar-refractivity contribution in [2.75, 3.05) is 0 Å². The molecule has 0 bridgehead atoms. The van der Waals surface area contributed by atoms with Crippen LogP contribution >= 0.6 is 0 Å². The number of rotatable bonds is 7. The topological polar surface area (TPSA) is 123 Å². The molecule has 2 aromatic heterocycles. The van der Waals surface area contributed by atoms with Crippen molar-refractivity contribution in [1.82, 2.24) is 25.0 Å². The smallest absolute Gasteiger partial charge is 0.248 e. The number of hydrogen-bond acceptors (Lipinski definition) is 5. The molecule has 0 radical (unpaired) electrons. The quantitative estimate of drug-likeness (QED) is 0.586. The molecular weight excluding hydrogens is 344 g/mol. The first kappa shape index (κ1) is 18.8. The molecule has 0 fully saturated rings. The summed E-state index contributed by atoms with van der Waals surface area (Å²) in [5.41, 5.74) is 9.50. The van der Waals surface area contributed by atoms with Crippen molar-refractivity contribution in [3.8, 4) is 11.4 Å². The van der Waals surface area contributed by atoms with Gasteiger partial charge < -0.3 is 10.8 Å². The van der Waals surface area contributed by atoms with Gasteiger partial charge in [-0.2, -0.15) is 10.2 Å². The van der Waals surface area contributed by atoms with Crippen LogP contribution < -0.4 is 5.73 Å². The van der Waals surface area contributed by atoms with Crippen LogP contribution in [0.25, 0.3) is 11.4 Å². The number of nitrogens with one attached hydrogen (secondary N) is 1. The van der Waals surface area contributed by atoms with Crippen LogP contribution in [0.4, 0.5) is 0 Å². The van der Waals surface area contributed by atoms with E-state index in [1.54, 1.807) is 28.9 Å². The summed E-state index contributed by atoms with van der Waals surface area (Å²) in [6.07, 6.45) is 0.699. The Labute approximate surface area is 157 Å². The summed E-state index contributed by atoms with van der Waals surface area (Å²) in [4.78, 5) is 15.9. The van der Waals surface area contributed by atoms with Crippen molar-refractivity contribution in [2.24, 2.45) is 5.73 Å². The van der Waals surface area contributed by atoms with Crippen LogP contribution in [0.15, 0.2) is 24.3 Å². The van der Waals surface area contributed by atoms with Gasteiger partial charge in [-0.1, -0.05) is 19.1 Å². The normalized spacial score (nSPS) is 12.3. The second-order valence-corrected chi connectivity index (χ2v) is 6.63. The summed E-state index contributed by atoms with van der Waals surface area (Å²) < 4.78 is 1.75. The third-order valence-electron chi connectivity index (χ3n) is 4.65. The number of nitrogens with two attached hydrogens (primary N) is 1. The van der Waals surface area contributed by atoms with E-state index in [9.17, 15) is 9.90 Å². The third kappa shape index (κ3) is 4.06. The van der Waals surface area contributed by atoms with Gasteiger partial charge in [-0.25, -0.2) is 9.67 Å². The lowest BCUT2D eigenvalue weighted by atomic mass is 10.1. The number of hydrogen-bond donors (Lipinski definition) is 3. The molecule has 3 aromatic rings. The van der Waals surface area contributed by atoms with Gasteiger partial charge in [0, 0.05) is 28.8 Å². The molecule has 8 nitrogen and oxygen atoms in total. The number of aliphatic hydroxyl groups excluding tert-OH is 1. The van der Waals surface area contributed by atoms with Crippen LogP contribution in [0.2, 0.25) is 0 Å². The number of aromatic nitrogens is 5. The van der Waals surface area contributed by atoms with Crippen molar-refractivity contribution in [3.05, 3.63) is 52.6 Å². The van der Waals surface area contributed by atoms with E-state index in [1.807, 2.05) is 20.8 Å². The summed E-state index contributed by atoms with van der Waals surface area (Å²) >= 11 is 0. The lowest BCUT2D eigenvalue weighted by Gasteiger charge is -2.10. The first-order valence-electron chi connectivity index (χ1n) is 8.91. The minimum atomic E-state index is -0.498. The van der Waals surface area contributed by atoms with Crippen LogP contribution in [0.5, 0.6) is 0 Å². The summed E-state index contributed by atoms with van der Waals surface area (Å²) in [7, 11) is 0. The zero-order valence-corrected chi connectivity index (χ0v) is 15.7. The third-order valence-corrected chi connectivity index (χ3v) is 4.65. The molecule has 8 heteroatoms. The molecule has 0 aliphatic rings. The van der Waals surface area contributed by atoms with Crippen LogP contribution in [-0.4, -0.2) is 42.1 Å². The van der Waals surface area contributed by atoms with Crippen molar-refractivity contribution < 1.29 is 9.90 Å². The molecule has 1 atom stereocenters. The van der Waals surface area contributed by atoms with Gasteiger partial charge in [0.1, 0.15) is 5.82 Å². The number of benzene rings is 1. The Morgan fingerprint density at radius 3 is 2.56 bits per heavy atom.